The summed E-state index contributed by atoms with van der Waals surface area (Å²) >= 11 is 0. The molecule has 0 saturated carbocycles. The van der Waals surface area contributed by atoms with Crippen LogP contribution in [0.2, 0.25) is 0 Å². The number of methoxy groups -OCH3 is 1. The van der Waals surface area contributed by atoms with Crippen LogP contribution in [0.4, 0.5) is 4.39 Å². The molecule has 3 heterocycles. The third-order valence-corrected chi connectivity index (χ3v) is 5.30. The summed E-state index contributed by atoms with van der Waals surface area (Å²) in [6.07, 6.45) is 8.81. The predicted octanol–water partition coefficient (Wildman–Crippen LogP) is 2.43. The Labute approximate surface area is 144 Å². The lowest BCUT2D eigenvalue weighted by atomic mass is 9.85. The second-order valence-corrected chi connectivity index (χ2v) is 6.70. The highest BCUT2D eigenvalue weighted by atomic mass is 19.1. The molecule has 0 spiro atoms. The molecule has 4 aliphatic rings. The molecular formula is C20H17FN2O2. The van der Waals surface area contributed by atoms with E-state index in [1.54, 1.807) is 25.3 Å². The number of ether oxygens (including phenoxy) is 1. The van der Waals surface area contributed by atoms with E-state index in [0.717, 1.165) is 41.2 Å². The van der Waals surface area contributed by atoms with Gasteiger partial charge in [-0.1, -0.05) is 6.08 Å². The minimum Gasteiger partial charge on any atom is -0.504 e. The van der Waals surface area contributed by atoms with Crippen molar-refractivity contribution in [2.24, 2.45) is 10.9 Å². The first-order valence-corrected chi connectivity index (χ1v) is 8.40. The number of rotatable bonds is 1. The van der Waals surface area contributed by atoms with Gasteiger partial charge in [0.2, 0.25) is 0 Å². The lowest BCUT2D eigenvalue weighted by Gasteiger charge is -2.37. The van der Waals surface area contributed by atoms with Crippen molar-refractivity contribution in [3.8, 4) is 11.5 Å². The van der Waals surface area contributed by atoms with Crippen molar-refractivity contribution in [1.82, 2.24) is 4.90 Å². The highest BCUT2D eigenvalue weighted by molar-refractivity contribution is 5.70. The first-order chi connectivity index (χ1) is 12.1. The molecule has 0 fully saturated rings. The van der Waals surface area contributed by atoms with Gasteiger partial charge in [0.15, 0.2) is 11.5 Å². The predicted molar refractivity (Wildman–Crippen MR) is 91.7 cm³/mol. The Morgan fingerprint density at radius 2 is 2.24 bits per heavy atom. The Kier molecular flexibility index (Phi) is 2.95. The van der Waals surface area contributed by atoms with Crippen molar-refractivity contribution in [3.05, 3.63) is 69.9 Å². The van der Waals surface area contributed by atoms with E-state index in [1.807, 2.05) is 18.3 Å². The zero-order chi connectivity index (χ0) is 17.1. The molecule has 5 rings (SSSR count). The standard InChI is InChI=1S/C20H17FN2O2/c1-25-19-8-15-14-4-5-23-10-12-6-13(21)3-2-11(12)7-17(23)20(14)22-16(15)9-18(19)24/h2-3,6,8-11,24H,4-5,7H2,1H3/t11-/m1/s1. The van der Waals surface area contributed by atoms with E-state index in [1.165, 1.54) is 11.3 Å². The van der Waals surface area contributed by atoms with Gasteiger partial charge >= 0.3 is 0 Å². The number of allylic oxidation sites excluding steroid dienone is 7. The largest absolute Gasteiger partial charge is 0.504 e. The van der Waals surface area contributed by atoms with Crippen LogP contribution < -0.4 is 15.3 Å². The smallest absolute Gasteiger partial charge is 0.161 e. The number of aromatic hydroxyl groups is 1. The Morgan fingerprint density at radius 3 is 3.08 bits per heavy atom. The summed E-state index contributed by atoms with van der Waals surface area (Å²) in [6, 6.07) is 3.54. The average Bonchev–Trinajstić information content (AvgIpc) is 2.96. The van der Waals surface area contributed by atoms with Gasteiger partial charge in [-0.2, -0.15) is 0 Å². The molecule has 1 aliphatic carbocycles. The number of fused-ring (bicyclic) bond motifs is 4. The minimum absolute atomic E-state index is 0.105. The minimum atomic E-state index is -0.191. The molecule has 3 aliphatic heterocycles. The third-order valence-electron chi connectivity index (χ3n) is 5.30. The van der Waals surface area contributed by atoms with Gasteiger partial charge in [0, 0.05) is 42.1 Å². The highest BCUT2D eigenvalue weighted by Crippen LogP contribution is 2.41. The number of nitrogens with zero attached hydrogens (tertiary/aromatic N) is 2. The Bertz CT molecular complexity index is 1050. The molecule has 0 radical (unpaired) electrons. The molecule has 126 valence electrons. The summed E-state index contributed by atoms with van der Waals surface area (Å²) in [5, 5.41) is 11.9. The van der Waals surface area contributed by atoms with E-state index in [2.05, 4.69) is 4.90 Å². The van der Waals surface area contributed by atoms with E-state index < -0.39 is 0 Å². The van der Waals surface area contributed by atoms with Gasteiger partial charge < -0.3 is 14.7 Å². The molecule has 25 heavy (non-hydrogen) atoms. The average molecular weight is 336 g/mol. The van der Waals surface area contributed by atoms with Crippen LogP contribution in [0.25, 0.3) is 5.57 Å². The third kappa shape index (κ3) is 2.08. The molecule has 1 aromatic carbocycles. The normalized spacial score (nSPS) is 23.2. The van der Waals surface area contributed by atoms with Crippen LogP contribution in [-0.2, 0) is 0 Å². The van der Waals surface area contributed by atoms with Crippen LogP contribution in [0.3, 0.4) is 0 Å². The van der Waals surface area contributed by atoms with Crippen molar-refractivity contribution in [3.63, 3.8) is 0 Å². The monoisotopic (exact) mass is 336 g/mol. The fourth-order valence-corrected chi connectivity index (χ4v) is 4.06. The molecule has 0 aromatic heterocycles. The molecule has 4 nitrogen and oxygen atoms in total. The van der Waals surface area contributed by atoms with Crippen LogP contribution in [0.1, 0.15) is 12.8 Å². The van der Waals surface area contributed by atoms with Gasteiger partial charge in [-0.05, 0) is 35.8 Å². The lowest BCUT2D eigenvalue weighted by Crippen LogP contribution is -2.31. The van der Waals surface area contributed by atoms with Gasteiger partial charge in [-0.15, -0.1) is 0 Å². The van der Waals surface area contributed by atoms with E-state index in [-0.39, 0.29) is 17.5 Å². The van der Waals surface area contributed by atoms with Gasteiger partial charge in [0.05, 0.1) is 18.2 Å². The summed E-state index contributed by atoms with van der Waals surface area (Å²) in [7, 11) is 1.55. The molecule has 0 saturated heterocycles. The number of hydrogen-bond donors (Lipinski definition) is 1. The van der Waals surface area contributed by atoms with Crippen LogP contribution in [0.15, 0.2) is 64.3 Å². The second-order valence-electron chi connectivity index (χ2n) is 6.70. The quantitative estimate of drug-likeness (QED) is 0.857. The summed E-state index contributed by atoms with van der Waals surface area (Å²) in [5.41, 5.74) is 4.39. The Morgan fingerprint density at radius 1 is 1.36 bits per heavy atom. The van der Waals surface area contributed by atoms with E-state index >= 15 is 0 Å². The first-order valence-electron chi connectivity index (χ1n) is 8.40. The maximum absolute atomic E-state index is 13.5. The zero-order valence-corrected chi connectivity index (χ0v) is 13.8. The molecule has 5 heteroatoms. The highest BCUT2D eigenvalue weighted by Gasteiger charge is 2.32. The molecule has 0 amide bonds. The summed E-state index contributed by atoms with van der Waals surface area (Å²) in [5.74, 6) is 0.577. The van der Waals surface area contributed by atoms with Crippen LogP contribution >= 0.6 is 0 Å². The molecule has 0 bridgehead atoms. The van der Waals surface area contributed by atoms with E-state index in [4.69, 9.17) is 9.73 Å². The van der Waals surface area contributed by atoms with Gasteiger partial charge in [-0.25, -0.2) is 9.38 Å². The fourth-order valence-electron chi connectivity index (χ4n) is 4.06. The van der Waals surface area contributed by atoms with Crippen molar-refractivity contribution in [2.75, 3.05) is 13.7 Å². The maximum Gasteiger partial charge on any atom is 0.161 e. The summed E-state index contributed by atoms with van der Waals surface area (Å²) in [4.78, 5) is 6.98. The number of phenolic OH excluding ortho intramolecular Hbond substituents is 1. The van der Waals surface area contributed by atoms with Crippen LogP contribution in [0, 0.1) is 5.92 Å². The van der Waals surface area contributed by atoms with Crippen molar-refractivity contribution in [1.29, 1.82) is 0 Å². The maximum atomic E-state index is 13.5. The van der Waals surface area contributed by atoms with E-state index in [9.17, 15) is 9.50 Å². The molecule has 1 aromatic rings. The van der Waals surface area contributed by atoms with Gasteiger partial charge in [-0.3, -0.25) is 0 Å². The molecule has 0 unspecified atom stereocenters. The van der Waals surface area contributed by atoms with Crippen LogP contribution in [-0.4, -0.2) is 23.7 Å². The number of halogens is 1. The van der Waals surface area contributed by atoms with Gasteiger partial charge in [0.25, 0.3) is 0 Å². The number of hydrogen-bond acceptors (Lipinski definition) is 4. The zero-order valence-electron chi connectivity index (χ0n) is 13.8. The van der Waals surface area contributed by atoms with Crippen molar-refractivity contribution >= 4 is 5.57 Å². The number of phenols is 1. The lowest BCUT2D eigenvalue weighted by molar-refractivity contribution is 0.372. The topological polar surface area (TPSA) is 45.1 Å². The SMILES string of the molecule is COc1cc2c(cc1O)=NC1=C3C[C@H]4C=CC(F)=CC4=CN3CCC=21. The molecule has 1 N–H and O–H groups in total. The summed E-state index contributed by atoms with van der Waals surface area (Å²) < 4.78 is 18.8. The fraction of sp³-hybridized carbons (Fsp3) is 0.250. The summed E-state index contributed by atoms with van der Waals surface area (Å²) in [6.45, 7) is 0.849. The first kappa shape index (κ1) is 14.5. The Hall–Kier alpha value is -2.82. The number of benzene rings is 1. The molecule has 1 atom stereocenters. The van der Waals surface area contributed by atoms with Crippen molar-refractivity contribution < 1.29 is 14.2 Å². The Balaban J connectivity index is 1.69. The molecular weight excluding hydrogens is 319 g/mol. The second kappa shape index (κ2) is 5.09. The van der Waals surface area contributed by atoms with E-state index in [0.29, 0.717) is 5.75 Å². The van der Waals surface area contributed by atoms with Crippen LogP contribution in [0.5, 0.6) is 11.5 Å². The van der Waals surface area contributed by atoms with Gasteiger partial charge in [0.1, 0.15) is 5.83 Å². The van der Waals surface area contributed by atoms with Crippen molar-refractivity contribution in [2.45, 2.75) is 12.8 Å².